The van der Waals surface area contributed by atoms with Crippen LogP contribution in [-0.4, -0.2) is 46.8 Å². The fourth-order valence-corrected chi connectivity index (χ4v) is 24.9. The molecular formula is C132H198N4O8P4. The Morgan fingerprint density at radius 1 is 0.230 bits per heavy atom. The summed E-state index contributed by atoms with van der Waals surface area (Å²) in [4.78, 5) is 0. The Morgan fingerprint density at radius 3 is 0.601 bits per heavy atom. The average Bonchev–Trinajstić information content (AvgIpc) is 1.48. The Labute approximate surface area is 900 Å². The molecule has 16 heteroatoms. The summed E-state index contributed by atoms with van der Waals surface area (Å²) in [5.74, 6) is 0. The van der Waals surface area contributed by atoms with E-state index in [9.17, 15) is 0 Å². The van der Waals surface area contributed by atoms with Gasteiger partial charge in [-0.3, -0.25) is 4.67 Å². The van der Waals surface area contributed by atoms with E-state index in [1.807, 2.05) is 6.07 Å². The van der Waals surface area contributed by atoms with Crippen molar-refractivity contribution in [3.8, 4) is 0 Å². The fourth-order valence-electron chi connectivity index (χ4n) is 19.2. The lowest BCUT2D eigenvalue weighted by atomic mass is 9.77. The number of para-hydroxylation sites is 1. The summed E-state index contributed by atoms with van der Waals surface area (Å²) < 4.78 is 65.2. The number of nitrogens with zero attached hydrogens (tertiary/aromatic N) is 4. The van der Waals surface area contributed by atoms with E-state index in [4.69, 9.17) is 33.6 Å². The molecule has 13 aromatic rings. The Morgan fingerprint density at radius 2 is 0.419 bits per heavy atom. The van der Waals surface area contributed by atoms with E-state index >= 15 is 0 Å². The molecule has 1 saturated heterocycles. The molecule has 0 spiro atoms. The third-order valence-corrected chi connectivity index (χ3v) is 35.4. The highest BCUT2D eigenvalue weighted by atomic mass is 31.1. The summed E-state index contributed by atoms with van der Waals surface area (Å²) in [6.07, 6.45) is 4.74. The van der Waals surface area contributed by atoms with Crippen LogP contribution < -0.4 is 18.7 Å². The quantitative estimate of drug-likeness (QED) is 0.137. The van der Waals surface area contributed by atoms with Gasteiger partial charge in [0, 0.05) is 140 Å². The maximum Gasteiger partial charge on any atom is 0.341 e. The second-order valence-corrected chi connectivity index (χ2v) is 65.1. The first-order chi connectivity index (χ1) is 67.2. The minimum atomic E-state index is -1.48. The highest BCUT2D eigenvalue weighted by Crippen LogP contribution is 2.55. The number of anilines is 1. The van der Waals surface area contributed by atoms with Gasteiger partial charge in [0.1, 0.15) is 44.7 Å². The van der Waals surface area contributed by atoms with Crippen LogP contribution in [0.2, 0.25) is 0 Å². The van der Waals surface area contributed by atoms with E-state index in [1.54, 1.807) is 0 Å². The Kier molecular flexibility index (Phi) is 34.9. The molecule has 5 heterocycles. The maximum atomic E-state index is 7.07. The second-order valence-electron chi connectivity index (χ2n) is 59.3. The molecule has 9 aromatic carbocycles. The van der Waals surface area contributed by atoms with Crippen LogP contribution in [0.4, 0.5) is 5.69 Å². The smallest absolute Gasteiger partial charge is 0.341 e. The van der Waals surface area contributed by atoms with Crippen LogP contribution in [0.25, 0.3) is 87.8 Å². The van der Waals surface area contributed by atoms with E-state index in [0.717, 1.165) is 122 Å². The third kappa shape index (κ3) is 27.6. The van der Waals surface area contributed by atoms with Crippen molar-refractivity contribution in [1.82, 2.24) is 0 Å². The van der Waals surface area contributed by atoms with Gasteiger partial charge in [0.25, 0.3) is 0 Å². The van der Waals surface area contributed by atoms with Crippen molar-refractivity contribution in [3.63, 3.8) is 0 Å². The molecular weight excluding hydrogens is 1890 g/mol. The minimum absolute atomic E-state index is 0.0115. The van der Waals surface area contributed by atoms with Gasteiger partial charge in [-0.2, -0.15) is 0 Å². The van der Waals surface area contributed by atoms with Gasteiger partial charge in [-0.1, -0.05) is 426 Å². The predicted molar refractivity (Wildman–Crippen MR) is 655 cm³/mol. The van der Waals surface area contributed by atoms with Crippen molar-refractivity contribution in [2.45, 2.75) is 465 Å². The molecule has 0 bridgehead atoms. The minimum Gasteiger partial charge on any atom is -0.407 e. The molecule has 0 aliphatic carbocycles. The van der Waals surface area contributed by atoms with Crippen LogP contribution in [0, 0.1) is 0 Å². The highest BCUT2D eigenvalue weighted by molar-refractivity contribution is 7.40. The Bertz CT molecular complexity index is 6770. The van der Waals surface area contributed by atoms with Gasteiger partial charge in [-0.15, -0.1) is 0 Å². The van der Waals surface area contributed by atoms with Crippen LogP contribution in [0.15, 0.2) is 161 Å². The molecule has 1 aliphatic heterocycles. The zero-order valence-electron chi connectivity index (χ0n) is 103. The molecule has 0 radical (unpaired) electrons. The molecule has 148 heavy (non-hydrogen) atoms. The lowest BCUT2D eigenvalue weighted by molar-refractivity contribution is 0.539. The van der Waals surface area contributed by atoms with Crippen LogP contribution in [-0.2, 0) is 86.6 Å². The van der Waals surface area contributed by atoms with Gasteiger partial charge in [-0.05, 0) is 211 Å². The largest absolute Gasteiger partial charge is 0.407 e. The van der Waals surface area contributed by atoms with E-state index in [-0.39, 0.29) is 86.6 Å². The molecule has 1 fully saturated rings. The number of hydrogen-bond donors (Lipinski definition) is 0. The molecule has 14 rings (SSSR count). The van der Waals surface area contributed by atoms with Gasteiger partial charge < -0.3 is 33.6 Å². The van der Waals surface area contributed by atoms with E-state index in [0.29, 0.717) is 0 Å². The zero-order valence-corrected chi connectivity index (χ0v) is 106. The van der Waals surface area contributed by atoms with Gasteiger partial charge in [0.15, 0.2) is 0 Å². The fraction of sp³-hybridized carbons (Fsp3) is 0.591. The van der Waals surface area contributed by atoms with Crippen LogP contribution in [0.1, 0.15) is 468 Å². The van der Waals surface area contributed by atoms with E-state index in [2.05, 4.69) is 507 Å². The first-order valence-corrected chi connectivity index (χ1v) is 59.9. The van der Waals surface area contributed by atoms with Crippen molar-refractivity contribution in [3.05, 3.63) is 216 Å². The molecule has 0 unspecified atom stereocenters. The van der Waals surface area contributed by atoms with Gasteiger partial charge >= 0.3 is 32.7 Å². The van der Waals surface area contributed by atoms with Gasteiger partial charge in [0.2, 0.25) is 0 Å². The van der Waals surface area contributed by atoms with Crippen molar-refractivity contribution >= 4 is 126 Å². The van der Waals surface area contributed by atoms with Gasteiger partial charge in [-0.25, -0.2) is 14.0 Å². The molecule has 0 saturated carbocycles. The zero-order chi connectivity index (χ0) is 112. The molecule has 0 amide bonds. The number of rotatable bonds is 9. The summed E-state index contributed by atoms with van der Waals surface area (Å²) in [6.45, 7) is 121. The molecule has 0 atom stereocenters. The predicted octanol–water partition coefficient (Wildman–Crippen LogP) is 42.9. The van der Waals surface area contributed by atoms with Crippen LogP contribution >= 0.6 is 32.7 Å². The number of benzene rings is 9. The van der Waals surface area contributed by atoms with E-state index in [1.165, 1.54) is 119 Å². The number of piperidine rings is 1. The number of fused-ring (bicyclic) bond motifs is 12. The summed E-state index contributed by atoms with van der Waals surface area (Å²) in [6, 6.07) is 48.3. The van der Waals surface area contributed by atoms with E-state index < -0.39 is 32.7 Å². The first kappa shape index (κ1) is 120. The standard InChI is InChI=1S/C35H48NO2P.C33H50NO2P.2C32H50NO2P/c1-32(2,3)23-19-26-27-20-24(33(4,5)6)22-29(35(10,11)12)31(27)38-39(36(13)25-17-15-14-16-18-25)37-30(26)28(21-23)34(7,8)9;1-30(2,3)22-18-24-25-19-23(31(4,5)6)21-27(33(10,11)12)29(25)36-37(34-16-14-13-15-17-34)35-28(24)26(20-22)32(7,8)9;1-15-16-33(14)36-34-27-23(17-21(29(2,3)4)19-25(27)31(8,9)10)24-18-22(30(5,6)7)20-26(28(24)35-36)32(11,12)13;1-15-33(16-2)36-34-27-23(17-21(29(3,4)5)19-25(27)31(9,10)11)24-18-22(30(6,7)8)20-26(28(24)35-36)32(12,13)14/h14-22H,1-13H3;18-21H,13-17H2,1-12H3;2*17-20H,15-16H2,1-14H3. The normalized spacial score (nSPS) is 14.3. The topological polar surface area (TPSA) is 118 Å². The monoisotopic (exact) mass is 2090 g/mol. The lowest BCUT2D eigenvalue weighted by Gasteiger charge is -2.27. The summed E-state index contributed by atoms with van der Waals surface area (Å²) in [7, 11) is -1.15. The van der Waals surface area contributed by atoms with Gasteiger partial charge in [0.05, 0.1) is 0 Å². The SMILES string of the molecule is CC(C)(C)c1cc(C(C)(C)C)c2op(N3CCCCC3)oc3c(C(C)(C)C)cc(C(C)(C)C)cc3c2c1.CCCN(C)p1oc2c(C(C)(C)C)cc(C(C)(C)C)cc2c2cc(C(C)(C)C)cc(C(C)(C)C)c2o1.CCN(CC)p1oc2c(C(C)(C)C)cc(C(C)(C)C)cc2c2cc(C(C)(C)C)cc(C(C)(C)C)c2o1.CN(c1ccccc1)p1oc2c(C(C)(C)C)cc(C(C)(C)C)cc2c2cc(C(C)(C)C)cc(C(C)(C)C)c2o1. The second kappa shape index (κ2) is 42.8. The lowest BCUT2D eigenvalue weighted by Crippen LogP contribution is -2.26. The maximum absolute atomic E-state index is 7.07. The molecule has 4 aromatic heterocycles. The molecule has 0 N–H and O–H groups in total. The van der Waals surface area contributed by atoms with Crippen molar-refractivity contribution in [2.75, 3.05) is 65.5 Å². The summed E-state index contributed by atoms with van der Waals surface area (Å²) in [5, 5.41) is 9.28. The molecule has 12 nitrogen and oxygen atoms in total. The summed E-state index contributed by atoms with van der Waals surface area (Å²) in [5.41, 5.74) is 28.9. The average molecular weight is 2090 g/mol. The van der Waals surface area contributed by atoms with Crippen molar-refractivity contribution < 1.29 is 33.6 Å². The number of hydrogen-bond acceptors (Lipinski definition) is 12. The molecule has 1 aliphatic rings. The summed E-state index contributed by atoms with van der Waals surface area (Å²) >= 11 is 0. The Balaban J connectivity index is 0.000000188. The van der Waals surface area contributed by atoms with Crippen molar-refractivity contribution in [2.24, 2.45) is 0 Å². The molecule has 814 valence electrons. The van der Waals surface area contributed by atoms with Crippen molar-refractivity contribution in [1.29, 1.82) is 0 Å². The Hall–Kier alpha value is -7.74. The third-order valence-electron chi connectivity index (χ3n) is 29.3. The highest BCUT2D eigenvalue weighted by Gasteiger charge is 2.38. The van der Waals surface area contributed by atoms with Crippen LogP contribution in [0.3, 0.4) is 0 Å². The first-order valence-electron chi connectivity index (χ1n) is 55.4. The van der Waals surface area contributed by atoms with Crippen LogP contribution in [0.5, 0.6) is 0 Å².